The number of hydrogen-bond acceptors (Lipinski definition) is 1. The van der Waals surface area contributed by atoms with Gasteiger partial charge in [0.2, 0.25) is 0 Å². The zero-order valence-corrected chi connectivity index (χ0v) is 12.2. The van der Waals surface area contributed by atoms with Crippen molar-refractivity contribution in [2.45, 2.75) is 26.1 Å². The second-order valence-corrected chi connectivity index (χ2v) is 10.3. The van der Waals surface area contributed by atoms with Gasteiger partial charge in [0, 0.05) is 0 Å². The van der Waals surface area contributed by atoms with E-state index in [0.29, 0.717) is 0 Å². The summed E-state index contributed by atoms with van der Waals surface area (Å²) >= 11 is -0.237. The Morgan fingerprint density at radius 1 is 1.31 bits per heavy atom. The van der Waals surface area contributed by atoms with E-state index in [0.717, 1.165) is 6.42 Å². The van der Waals surface area contributed by atoms with E-state index >= 15 is 0 Å². The topological polar surface area (TPSA) is 9.23 Å². The van der Waals surface area contributed by atoms with Crippen molar-refractivity contribution in [1.82, 2.24) is 0 Å². The van der Waals surface area contributed by atoms with Gasteiger partial charge in [-0.2, -0.15) is 0 Å². The standard InChI is InChI=1S/C5H5.C3H9OSi.2ClH.Ti/c1-2-4-5-3-1;1-5(2,3)4;;;/h1-3H,4H2;1-3H3;2*1H;/q;-1;;;+3/p-2. The molecule has 5 heteroatoms. The Morgan fingerprint density at radius 3 is 2.31 bits per heavy atom. The molecule has 0 bridgehead atoms. The van der Waals surface area contributed by atoms with Gasteiger partial charge in [0.1, 0.15) is 0 Å². The van der Waals surface area contributed by atoms with Gasteiger partial charge in [0.05, 0.1) is 0 Å². The van der Waals surface area contributed by atoms with E-state index in [-0.39, 0.29) is 44.4 Å². The van der Waals surface area contributed by atoms with Crippen LogP contribution in [0.15, 0.2) is 22.1 Å². The number of halogens is 2. The maximum Gasteiger partial charge on any atom is -1.00 e. The Balaban J connectivity index is 0. The third-order valence-electron chi connectivity index (χ3n) is 1.26. The van der Waals surface area contributed by atoms with Gasteiger partial charge in [-0.1, -0.05) is 0 Å². The Labute approximate surface area is 103 Å². The van der Waals surface area contributed by atoms with E-state index in [9.17, 15) is 0 Å². The van der Waals surface area contributed by atoms with Crippen LogP contribution < -0.4 is 24.8 Å². The van der Waals surface area contributed by atoms with Gasteiger partial charge in [-0.25, -0.2) is 0 Å². The molecular formula is C8H14Cl2OSiTi. The van der Waals surface area contributed by atoms with Crippen molar-refractivity contribution < 1.29 is 47.4 Å². The Bertz CT molecular complexity index is 199. The third kappa shape index (κ3) is 7.98. The van der Waals surface area contributed by atoms with Gasteiger partial charge in [0.25, 0.3) is 0 Å². The van der Waals surface area contributed by atoms with Gasteiger partial charge in [-0.15, -0.1) is 0 Å². The molecule has 0 aromatic heterocycles. The molecule has 0 saturated carbocycles. The molecule has 0 radical (unpaired) electrons. The summed E-state index contributed by atoms with van der Waals surface area (Å²) in [4.78, 5) is 0. The summed E-state index contributed by atoms with van der Waals surface area (Å²) in [6.07, 6.45) is 7.68. The van der Waals surface area contributed by atoms with Crippen LogP contribution >= 0.6 is 0 Å². The minimum absolute atomic E-state index is 0. The largest absolute Gasteiger partial charge is 1.00 e. The van der Waals surface area contributed by atoms with Crippen LogP contribution in [0.2, 0.25) is 19.6 Å². The first-order valence-electron chi connectivity index (χ1n) is 3.88. The first-order chi connectivity index (χ1) is 5.08. The normalized spacial score (nSPS) is 13.9. The van der Waals surface area contributed by atoms with Gasteiger partial charge in [0.15, 0.2) is 0 Å². The van der Waals surface area contributed by atoms with Gasteiger partial charge >= 0.3 is 79.0 Å². The molecule has 13 heavy (non-hydrogen) atoms. The molecule has 1 aliphatic rings. The zero-order chi connectivity index (χ0) is 8.32. The summed E-state index contributed by atoms with van der Waals surface area (Å²) in [5.41, 5.74) is 0. The molecule has 0 N–H and O–H groups in total. The molecule has 0 heterocycles. The fourth-order valence-corrected chi connectivity index (χ4v) is 3.80. The van der Waals surface area contributed by atoms with Crippen LogP contribution in [0.4, 0.5) is 0 Å². The van der Waals surface area contributed by atoms with Crippen LogP contribution in [0, 0.1) is 0 Å². The average Bonchev–Trinajstić information content (AvgIpc) is 2.32. The molecule has 0 atom stereocenters. The minimum atomic E-state index is -1.24. The summed E-state index contributed by atoms with van der Waals surface area (Å²) < 4.78 is 7.40. The fourth-order valence-electron chi connectivity index (χ4n) is 0.742. The maximum absolute atomic E-state index is 5.87. The molecule has 0 aliphatic heterocycles. The van der Waals surface area contributed by atoms with Crippen molar-refractivity contribution in [3.8, 4) is 0 Å². The summed E-state index contributed by atoms with van der Waals surface area (Å²) in [5.74, 6) is 0. The summed E-state index contributed by atoms with van der Waals surface area (Å²) in [6.45, 7) is 6.75. The monoisotopic (exact) mass is 272 g/mol. The molecule has 0 saturated heterocycles. The molecule has 0 amide bonds. The average molecular weight is 273 g/mol. The molecule has 1 nitrogen and oxygen atoms in total. The predicted molar refractivity (Wildman–Crippen MR) is 46.3 cm³/mol. The molecule has 0 spiro atoms. The Kier molecular flexibility index (Phi) is 9.16. The fraction of sp³-hybridized carbons (Fsp3) is 0.500. The molecule has 0 unspecified atom stereocenters. The number of hydrogen-bond donors (Lipinski definition) is 0. The van der Waals surface area contributed by atoms with Crippen LogP contribution in [0.25, 0.3) is 0 Å². The summed E-state index contributed by atoms with van der Waals surface area (Å²) in [5, 5.41) is 0. The van der Waals surface area contributed by atoms with Gasteiger partial charge in [-0.05, 0) is 0 Å². The van der Waals surface area contributed by atoms with Crippen LogP contribution in [0.3, 0.4) is 0 Å². The quantitative estimate of drug-likeness (QED) is 0.489. The van der Waals surface area contributed by atoms with E-state index in [1.807, 2.05) is 0 Å². The molecule has 0 aromatic carbocycles. The van der Waals surface area contributed by atoms with Crippen molar-refractivity contribution in [1.29, 1.82) is 0 Å². The first kappa shape index (κ1) is 16.4. The smallest absolute Gasteiger partial charge is 1.00 e. The van der Waals surface area contributed by atoms with E-state index in [1.54, 1.807) is 0 Å². The molecule has 0 fully saturated rings. The molecule has 74 valence electrons. The van der Waals surface area contributed by atoms with E-state index in [1.165, 1.54) is 3.88 Å². The van der Waals surface area contributed by atoms with Crippen LogP contribution in [0.1, 0.15) is 6.42 Å². The van der Waals surface area contributed by atoms with Crippen LogP contribution in [-0.2, 0) is 22.5 Å². The predicted octanol–water partition coefficient (Wildman–Crippen LogP) is -3.31. The van der Waals surface area contributed by atoms with Crippen molar-refractivity contribution in [3.63, 3.8) is 0 Å². The molecular weight excluding hydrogens is 259 g/mol. The van der Waals surface area contributed by atoms with Gasteiger partial charge < -0.3 is 24.8 Å². The number of rotatable bonds is 3. The SMILES string of the molecule is C[Si](C)(C)[O][Ti+2][C]1=CC=CC1.[Cl-].[Cl-]. The van der Waals surface area contributed by atoms with E-state index in [2.05, 4.69) is 37.9 Å². The van der Waals surface area contributed by atoms with Gasteiger partial charge in [-0.3, -0.25) is 0 Å². The van der Waals surface area contributed by atoms with Crippen molar-refractivity contribution in [2.75, 3.05) is 0 Å². The molecule has 0 aromatic rings. The summed E-state index contributed by atoms with van der Waals surface area (Å²) in [7, 11) is -1.24. The van der Waals surface area contributed by atoms with Crippen molar-refractivity contribution >= 4 is 8.32 Å². The van der Waals surface area contributed by atoms with Crippen LogP contribution in [0.5, 0.6) is 0 Å². The minimum Gasteiger partial charge on any atom is -1.00 e. The number of allylic oxidation sites excluding steroid dienone is 4. The maximum atomic E-state index is 5.87. The van der Waals surface area contributed by atoms with Crippen LogP contribution in [-0.4, -0.2) is 8.32 Å². The Hall–Kier alpha value is 0.951. The second kappa shape index (κ2) is 7.27. The van der Waals surface area contributed by atoms with Crippen molar-refractivity contribution in [3.05, 3.63) is 22.1 Å². The zero-order valence-electron chi connectivity index (χ0n) is 8.10. The molecule has 1 aliphatic carbocycles. The van der Waals surface area contributed by atoms with E-state index in [4.69, 9.17) is 3.01 Å². The summed E-state index contributed by atoms with van der Waals surface area (Å²) in [6, 6.07) is 0. The van der Waals surface area contributed by atoms with E-state index < -0.39 is 8.32 Å². The second-order valence-electron chi connectivity index (χ2n) is 3.64. The van der Waals surface area contributed by atoms with Crippen molar-refractivity contribution in [2.24, 2.45) is 0 Å². The Morgan fingerprint density at radius 2 is 1.92 bits per heavy atom. The molecule has 1 rings (SSSR count). The third-order valence-corrected chi connectivity index (χ3v) is 6.31. The first-order valence-corrected chi connectivity index (χ1v) is 8.70.